The van der Waals surface area contributed by atoms with Crippen molar-refractivity contribution in [2.75, 3.05) is 18.9 Å². The van der Waals surface area contributed by atoms with Crippen LogP contribution in [0.5, 0.6) is 0 Å². The van der Waals surface area contributed by atoms with E-state index in [-0.39, 0.29) is 24.9 Å². The number of benzene rings is 2. The summed E-state index contributed by atoms with van der Waals surface area (Å²) in [5.41, 5.74) is 4.38. The van der Waals surface area contributed by atoms with Gasteiger partial charge in [-0.2, -0.15) is 5.10 Å². The molecule has 2 aromatic carbocycles. The number of aryl methyl sites for hydroxylation is 2. The third-order valence-corrected chi connectivity index (χ3v) is 5.60. The number of rotatable bonds is 7. The van der Waals surface area contributed by atoms with Gasteiger partial charge in [0.05, 0.1) is 18.7 Å². The van der Waals surface area contributed by atoms with E-state index in [1.165, 1.54) is 16.1 Å². The predicted molar refractivity (Wildman–Crippen MR) is 112 cm³/mol. The van der Waals surface area contributed by atoms with Crippen molar-refractivity contribution in [1.82, 2.24) is 5.01 Å². The molecule has 146 valence electrons. The van der Waals surface area contributed by atoms with Crippen LogP contribution < -0.4 is 0 Å². The van der Waals surface area contributed by atoms with Crippen LogP contribution in [0.15, 0.2) is 58.5 Å². The van der Waals surface area contributed by atoms with E-state index in [0.29, 0.717) is 18.7 Å². The molecule has 28 heavy (non-hydrogen) atoms. The maximum absolute atomic E-state index is 12.2. The molecule has 0 unspecified atom stereocenters. The lowest BCUT2D eigenvalue weighted by Crippen LogP contribution is -2.28. The highest BCUT2D eigenvalue weighted by molar-refractivity contribution is 7.99. The number of carbonyl (C=O) groups excluding carboxylic acids is 2. The van der Waals surface area contributed by atoms with Gasteiger partial charge in [-0.25, -0.2) is 5.01 Å². The summed E-state index contributed by atoms with van der Waals surface area (Å²) in [6, 6.07) is 16.0. The monoisotopic (exact) mass is 396 g/mol. The Morgan fingerprint density at radius 3 is 2.64 bits per heavy atom. The van der Waals surface area contributed by atoms with Crippen LogP contribution in [0.1, 0.15) is 29.5 Å². The van der Waals surface area contributed by atoms with Crippen molar-refractivity contribution < 1.29 is 14.3 Å². The zero-order valence-corrected chi connectivity index (χ0v) is 17.0. The van der Waals surface area contributed by atoms with Crippen molar-refractivity contribution in [3.05, 3.63) is 65.2 Å². The molecule has 0 aromatic heterocycles. The van der Waals surface area contributed by atoms with Gasteiger partial charge >= 0.3 is 5.97 Å². The Labute approximate surface area is 169 Å². The molecule has 0 saturated carbocycles. The number of esters is 1. The normalized spacial score (nSPS) is 13.4. The fourth-order valence-electron chi connectivity index (χ4n) is 2.82. The molecule has 0 spiro atoms. The van der Waals surface area contributed by atoms with E-state index in [4.69, 9.17) is 4.74 Å². The van der Waals surface area contributed by atoms with Gasteiger partial charge in [-0.15, -0.1) is 11.8 Å². The molecule has 0 N–H and O–H groups in total. The molecule has 1 heterocycles. The first-order chi connectivity index (χ1) is 13.5. The van der Waals surface area contributed by atoms with Crippen molar-refractivity contribution in [3.8, 4) is 0 Å². The van der Waals surface area contributed by atoms with E-state index in [0.717, 1.165) is 16.2 Å². The molecule has 0 atom stereocenters. The lowest BCUT2D eigenvalue weighted by Gasteiger charge is -2.11. The van der Waals surface area contributed by atoms with E-state index in [2.05, 4.69) is 37.1 Å². The minimum atomic E-state index is -0.365. The number of hydrogen-bond donors (Lipinski definition) is 0. The smallest absolute Gasteiger partial charge is 0.307 e. The van der Waals surface area contributed by atoms with E-state index in [1.54, 1.807) is 11.8 Å². The van der Waals surface area contributed by atoms with Crippen molar-refractivity contribution in [3.63, 3.8) is 0 Å². The van der Waals surface area contributed by atoms with Crippen LogP contribution in [0.3, 0.4) is 0 Å². The highest BCUT2D eigenvalue weighted by Gasteiger charge is 2.22. The van der Waals surface area contributed by atoms with Crippen molar-refractivity contribution in [2.45, 2.75) is 31.6 Å². The maximum Gasteiger partial charge on any atom is 0.307 e. The summed E-state index contributed by atoms with van der Waals surface area (Å²) in [5, 5.41) is 5.75. The fourth-order valence-corrected chi connectivity index (χ4v) is 3.74. The first kappa shape index (κ1) is 20.1. The molecule has 1 aliphatic heterocycles. The molecular weight excluding hydrogens is 372 g/mol. The number of ether oxygens (including phenoxy) is 1. The number of nitrogens with zero attached hydrogens (tertiary/aromatic N) is 2. The summed E-state index contributed by atoms with van der Waals surface area (Å²) in [6.07, 6.45) is 0.972. The van der Waals surface area contributed by atoms with Gasteiger partial charge in [-0.1, -0.05) is 36.4 Å². The summed E-state index contributed by atoms with van der Waals surface area (Å²) in [7, 11) is 0. The predicted octanol–water partition coefficient (Wildman–Crippen LogP) is 3.97. The molecule has 0 aliphatic carbocycles. The van der Waals surface area contributed by atoms with E-state index >= 15 is 0 Å². The molecule has 5 nitrogen and oxygen atoms in total. The molecule has 1 aliphatic rings. The Balaban J connectivity index is 1.40. The first-order valence-electron chi connectivity index (χ1n) is 9.32. The Morgan fingerprint density at radius 1 is 1.11 bits per heavy atom. The topological polar surface area (TPSA) is 59.0 Å². The van der Waals surface area contributed by atoms with Crippen LogP contribution in [0.25, 0.3) is 0 Å². The summed E-state index contributed by atoms with van der Waals surface area (Å²) < 4.78 is 5.13. The van der Waals surface area contributed by atoms with Gasteiger partial charge in [0, 0.05) is 17.1 Å². The Morgan fingerprint density at radius 2 is 1.89 bits per heavy atom. The quantitative estimate of drug-likeness (QED) is 0.525. The Kier molecular flexibility index (Phi) is 6.87. The minimum absolute atomic E-state index is 0.265. The third kappa shape index (κ3) is 5.45. The highest BCUT2D eigenvalue weighted by Crippen LogP contribution is 2.22. The molecule has 0 fully saturated rings. The average Bonchev–Trinajstić information content (AvgIpc) is 3.20. The third-order valence-electron chi connectivity index (χ3n) is 4.61. The minimum Gasteiger partial charge on any atom is -0.455 e. The molecule has 2 aromatic rings. The summed E-state index contributed by atoms with van der Waals surface area (Å²) in [6.45, 7) is 4.40. The second-order valence-electron chi connectivity index (χ2n) is 6.68. The average molecular weight is 397 g/mol. The first-order valence-corrected chi connectivity index (χ1v) is 10.3. The van der Waals surface area contributed by atoms with Gasteiger partial charge in [-0.05, 0) is 42.7 Å². The largest absolute Gasteiger partial charge is 0.455 e. The number of thioether (sulfide) groups is 1. The second kappa shape index (κ2) is 9.55. The van der Waals surface area contributed by atoms with Gasteiger partial charge in [0.25, 0.3) is 5.91 Å². The summed E-state index contributed by atoms with van der Waals surface area (Å²) in [5.74, 6) is -0.0348. The number of hydrogen-bond acceptors (Lipinski definition) is 5. The molecule has 0 saturated heterocycles. The van der Waals surface area contributed by atoms with E-state index in [9.17, 15) is 9.59 Å². The molecule has 1 amide bonds. The summed E-state index contributed by atoms with van der Waals surface area (Å²) in [4.78, 5) is 25.3. The van der Waals surface area contributed by atoms with Gasteiger partial charge < -0.3 is 4.74 Å². The molecule has 6 heteroatoms. The van der Waals surface area contributed by atoms with Gasteiger partial charge in [0.1, 0.15) is 0 Å². The number of carbonyl (C=O) groups is 2. The number of hydrazone groups is 1. The van der Waals surface area contributed by atoms with E-state index in [1.807, 2.05) is 30.3 Å². The van der Waals surface area contributed by atoms with Crippen LogP contribution in [0.4, 0.5) is 0 Å². The van der Waals surface area contributed by atoms with Crippen LogP contribution in [-0.4, -0.2) is 41.5 Å². The lowest BCUT2D eigenvalue weighted by atomic mass is 10.1. The SMILES string of the molecule is Cc1ccc(SCCC(=O)OCC(=O)N2CCC(c3ccccc3)=N2)cc1C. The van der Waals surface area contributed by atoms with Crippen LogP contribution >= 0.6 is 11.8 Å². The maximum atomic E-state index is 12.2. The van der Waals surface area contributed by atoms with Crippen molar-refractivity contribution in [2.24, 2.45) is 5.10 Å². The second-order valence-corrected chi connectivity index (χ2v) is 7.85. The van der Waals surface area contributed by atoms with Crippen LogP contribution in [0, 0.1) is 13.8 Å². The number of amides is 1. The summed E-state index contributed by atoms with van der Waals surface area (Å²) >= 11 is 1.61. The van der Waals surface area contributed by atoms with Gasteiger partial charge in [0.15, 0.2) is 6.61 Å². The molecule has 0 bridgehead atoms. The zero-order chi connectivity index (χ0) is 19.9. The standard InChI is InChI=1S/C22H24N2O3S/c1-16-8-9-19(14-17(16)2)28-13-11-22(26)27-15-21(25)24-12-10-20(23-24)18-6-4-3-5-7-18/h3-9,14H,10-13,15H2,1-2H3. The fraction of sp³-hybridized carbons (Fsp3) is 0.318. The lowest BCUT2D eigenvalue weighted by molar-refractivity contribution is -0.151. The van der Waals surface area contributed by atoms with Crippen molar-refractivity contribution >= 4 is 29.4 Å². The van der Waals surface area contributed by atoms with Gasteiger partial charge in [0.2, 0.25) is 0 Å². The van der Waals surface area contributed by atoms with Crippen LogP contribution in [-0.2, 0) is 14.3 Å². The molecule has 0 radical (unpaired) electrons. The zero-order valence-electron chi connectivity index (χ0n) is 16.2. The molecular formula is C22H24N2O3S. The highest BCUT2D eigenvalue weighted by atomic mass is 32.2. The Hall–Kier alpha value is -2.60. The Bertz CT molecular complexity index is 881. The van der Waals surface area contributed by atoms with Gasteiger partial charge in [-0.3, -0.25) is 9.59 Å². The van der Waals surface area contributed by atoms with Crippen molar-refractivity contribution in [1.29, 1.82) is 0 Å². The van der Waals surface area contributed by atoms with E-state index < -0.39 is 0 Å². The molecule has 3 rings (SSSR count). The van der Waals surface area contributed by atoms with Crippen LogP contribution in [0.2, 0.25) is 0 Å².